The van der Waals surface area contributed by atoms with Crippen molar-refractivity contribution >= 4 is 23.1 Å². The maximum Gasteiger partial charge on any atom is 0.409 e. The summed E-state index contributed by atoms with van der Waals surface area (Å²) in [7, 11) is 1.37. The van der Waals surface area contributed by atoms with E-state index in [1.54, 1.807) is 4.90 Å². The van der Waals surface area contributed by atoms with Crippen molar-refractivity contribution in [1.82, 2.24) is 14.5 Å². The van der Waals surface area contributed by atoms with Crippen molar-refractivity contribution in [3.05, 3.63) is 64.5 Å². The fourth-order valence-corrected chi connectivity index (χ4v) is 6.01. The van der Waals surface area contributed by atoms with Crippen LogP contribution >= 0.6 is 0 Å². The number of carboxylic acids is 1. The minimum Gasteiger partial charge on any atom is -0.481 e. The first-order valence-electron chi connectivity index (χ1n) is 12.8. The van der Waals surface area contributed by atoms with E-state index in [1.807, 2.05) is 13.0 Å². The molecule has 1 aliphatic carbocycles. The molecule has 2 aromatic carbocycles. The third-order valence-corrected chi connectivity index (χ3v) is 7.86. The van der Waals surface area contributed by atoms with Gasteiger partial charge in [-0.05, 0) is 74.8 Å². The van der Waals surface area contributed by atoms with Crippen molar-refractivity contribution in [3.8, 4) is 0 Å². The molecule has 1 saturated carbocycles. The van der Waals surface area contributed by atoms with Gasteiger partial charge in [0.2, 0.25) is 0 Å². The van der Waals surface area contributed by atoms with Gasteiger partial charge in [-0.15, -0.1) is 0 Å². The van der Waals surface area contributed by atoms with E-state index < -0.39 is 17.6 Å². The fraction of sp³-hybridized carbons (Fsp3) is 0.464. The Morgan fingerprint density at radius 1 is 1.14 bits per heavy atom. The number of imidazole rings is 1. The van der Waals surface area contributed by atoms with E-state index in [2.05, 4.69) is 10.6 Å². The van der Waals surface area contributed by atoms with E-state index in [0.29, 0.717) is 57.2 Å². The van der Waals surface area contributed by atoms with E-state index in [4.69, 9.17) is 9.72 Å². The molecule has 1 aliphatic heterocycles. The molecular formula is C28H31F2N3O4. The van der Waals surface area contributed by atoms with Crippen molar-refractivity contribution in [2.75, 3.05) is 13.7 Å². The highest BCUT2D eigenvalue weighted by molar-refractivity contribution is 5.82. The zero-order valence-electron chi connectivity index (χ0n) is 21.0. The molecule has 1 N–H and O–H groups in total. The molecule has 1 fully saturated rings. The topological polar surface area (TPSA) is 84.7 Å². The third-order valence-electron chi connectivity index (χ3n) is 7.86. The van der Waals surface area contributed by atoms with Gasteiger partial charge in [-0.3, -0.25) is 4.79 Å². The fourth-order valence-electron chi connectivity index (χ4n) is 6.01. The van der Waals surface area contributed by atoms with Crippen LogP contribution in [0.1, 0.15) is 67.1 Å². The number of rotatable bonds is 5. The maximum absolute atomic E-state index is 13.9. The number of fused-ring (bicyclic) bond motifs is 3. The number of ether oxygens (including phenoxy) is 1. The Labute approximate surface area is 214 Å². The van der Waals surface area contributed by atoms with Crippen molar-refractivity contribution in [1.29, 1.82) is 0 Å². The van der Waals surface area contributed by atoms with E-state index in [1.165, 1.54) is 19.2 Å². The number of benzene rings is 2. The van der Waals surface area contributed by atoms with E-state index >= 15 is 0 Å². The van der Waals surface area contributed by atoms with Crippen LogP contribution in [0.15, 0.2) is 30.3 Å². The van der Waals surface area contributed by atoms with Gasteiger partial charge in [0, 0.05) is 30.1 Å². The Kier molecular flexibility index (Phi) is 6.88. The molecule has 0 unspecified atom stereocenters. The number of nitrogens with zero attached hydrogens (tertiary/aromatic N) is 3. The molecular weight excluding hydrogens is 480 g/mol. The number of hydrogen-bond acceptors (Lipinski definition) is 4. The number of carbonyl (C=O) groups excluding carboxylic acids is 1. The highest BCUT2D eigenvalue weighted by atomic mass is 19.1. The zero-order chi connectivity index (χ0) is 26.3. The van der Waals surface area contributed by atoms with Crippen molar-refractivity contribution in [3.63, 3.8) is 0 Å². The Balaban J connectivity index is 1.57. The van der Waals surface area contributed by atoms with E-state index in [-0.39, 0.29) is 24.0 Å². The standard InChI is InChI=1S/C28H31F2N3O4/c1-16(11-17-12-21(29)14-22(30)13-17)33-24-8-7-18-9-10-32(28(36)37-2)15-23(18)25(24)31-26(33)19-3-5-20(6-4-19)27(34)35/h7-8,12-14,16,19-20H,3-6,9-11,15H2,1-2H3,(H,34,35)/t16-,19-,20-/m1/s1. The van der Waals surface area contributed by atoms with Crippen LogP contribution in [0.3, 0.4) is 0 Å². The third kappa shape index (κ3) is 4.91. The van der Waals surface area contributed by atoms with Gasteiger partial charge < -0.3 is 19.3 Å². The van der Waals surface area contributed by atoms with Crippen molar-refractivity contribution in [2.24, 2.45) is 5.92 Å². The lowest BCUT2D eigenvalue weighted by molar-refractivity contribution is -0.142. The summed E-state index contributed by atoms with van der Waals surface area (Å²) in [5.41, 5.74) is 4.40. The van der Waals surface area contributed by atoms with Crippen LogP contribution in [-0.4, -0.2) is 45.3 Å². The molecule has 196 valence electrons. The number of aromatic nitrogens is 2. The first-order valence-corrected chi connectivity index (χ1v) is 12.8. The van der Waals surface area contributed by atoms with Crippen LogP contribution in [0, 0.1) is 17.6 Å². The first kappa shape index (κ1) is 25.2. The molecule has 1 aromatic heterocycles. The van der Waals surface area contributed by atoms with Gasteiger partial charge in [0.05, 0.1) is 30.6 Å². The summed E-state index contributed by atoms with van der Waals surface area (Å²) in [6.45, 7) is 2.97. The number of halogens is 2. The molecule has 2 heterocycles. The number of carboxylic acid groups (broad SMARTS) is 1. The number of hydrogen-bond donors (Lipinski definition) is 1. The summed E-state index contributed by atoms with van der Waals surface area (Å²) in [6, 6.07) is 7.54. The van der Waals surface area contributed by atoms with Gasteiger partial charge >= 0.3 is 12.1 Å². The number of amides is 1. The molecule has 0 saturated heterocycles. The van der Waals surface area contributed by atoms with Gasteiger partial charge in [0.15, 0.2) is 0 Å². The van der Waals surface area contributed by atoms with Crippen LogP contribution in [0.5, 0.6) is 0 Å². The largest absolute Gasteiger partial charge is 0.481 e. The predicted molar refractivity (Wildman–Crippen MR) is 133 cm³/mol. The second-order valence-corrected chi connectivity index (χ2v) is 10.3. The molecule has 1 amide bonds. The quantitative estimate of drug-likeness (QED) is 0.482. The second kappa shape index (κ2) is 10.1. The lowest BCUT2D eigenvalue weighted by Crippen LogP contribution is -2.35. The monoisotopic (exact) mass is 511 g/mol. The van der Waals surface area contributed by atoms with Gasteiger partial charge in [0.1, 0.15) is 17.5 Å². The summed E-state index contributed by atoms with van der Waals surface area (Å²) < 4.78 is 34.9. The van der Waals surface area contributed by atoms with E-state index in [9.17, 15) is 23.5 Å². The Morgan fingerprint density at radius 3 is 2.49 bits per heavy atom. The summed E-state index contributed by atoms with van der Waals surface area (Å²) in [4.78, 5) is 30.6. The molecule has 37 heavy (non-hydrogen) atoms. The lowest BCUT2D eigenvalue weighted by Gasteiger charge is -2.28. The van der Waals surface area contributed by atoms with Crippen LogP contribution < -0.4 is 0 Å². The molecule has 0 spiro atoms. The minimum atomic E-state index is -0.759. The number of methoxy groups -OCH3 is 1. The Hall–Kier alpha value is -3.49. The van der Waals surface area contributed by atoms with Crippen molar-refractivity contribution in [2.45, 2.75) is 64.0 Å². The zero-order valence-corrected chi connectivity index (χ0v) is 21.0. The minimum absolute atomic E-state index is 0.0747. The van der Waals surface area contributed by atoms with Crippen LogP contribution in [0.2, 0.25) is 0 Å². The number of carbonyl (C=O) groups is 2. The summed E-state index contributed by atoms with van der Waals surface area (Å²) in [6.07, 6.45) is 3.31. The molecule has 1 atom stereocenters. The average Bonchev–Trinajstić information content (AvgIpc) is 3.27. The second-order valence-electron chi connectivity index (χ2n) is 10.3. The maximum atomic E-state index is 13.9. The lowest BCUT2D eigenvalue weighted by atomic mass is 9.81. The molecule has 0 radical (unpaired) electrons. The Bertz CT molecular complexity index is 1330. The molecule has 9 heteroatoms. The predicted octanol–water partition coefficient (Wildman–Crippen LogP) is 5.60. The van der Waals surface area contributed by atoms with Crippen LogP contribution in [0.4, 0.5) is 13.6 Å². The highest BCUT2D eigenvalue weighted by Gasteiger charge is 2.32. The summed E-state index contributed by atoms with van der Waals surface area (Å²) in [5, 5.41) is 9.46. The van der Waals surface area contributed by atoms with Gasteiger partial charge in [0.25, 0.3) is 0 Å². The molecule has 7 nitrogen and oxygen atoms in total. The highest BCUT2D eigenvalue weighted by Crippen LogP contribution is 2.40. The SMILES string of the molecule is COC(=O)N1CCc2ccc3c(nc([C@H]4CC[C@H](C(=O)O)CC4)n3[C@H](C)Cc3cc(F)cc(F)c3)c2C1. The molecule has 3 aromatic rings. The van der Waals surface area contributed by atoms with E-state index in [0.717, 1.165) is 34.1 Å². The summed E-state index contributed by atoms with van der Waals surface area (Å²) >= 11 is 0. The molecule has 0 bridgehead atoms. The average molecular weight is 512 g/mol. The van der Waals surface area contributed by atoms with Gasteiger partial charge in [-0.25, -0.2) is 18.6 Å². The van der Waals surface area contributed by atoms with Gasteiger partial charge in [-0.1, -0.05) is 6.07 Å². The molecule has 5 rings (SSSR count). The molecule has 2 aliphatic rings. The Morgan fingerprint density at radius 2 is 1.84 bits per heavy atom. The smallest absolute Gasteiger partial charge is 0.409 e. The van der Waals surface area contributed by atoms with Crippen LogP contribution in [-0.2, 0) is 28.9 Å². The summed E-state index contributed by atoms with van der Waals surface area (Å²) in [5.74, 6) is -1.38. The number of aliphatic carboxylic acids is 1. The van der Waals surface area contributed by atoms with Crippen LogP contribution in [0.25, 0.3) is 11.0 Å². The first-order chi connectivity index (χ1) is 17.7. The van der Waals surface area contributed by atoms with Gasteiger partial charge in [-0.2, -0.15) is 0 Å². The normalized spacial score (nSPS) is 20.5. The van der Waals surface area contributed by atoms with Crippen molar-refractivity contribution < 1.29 is 28.2 Å².